The summed E-state index contributed by atoms with van der Waals surface area (Å²) in [6.45, 7) is 4.25. The molecule has 0 N–H and O–H groups in total. The quantitative estimate of drug-likeness (QED) is 0.538. The zero-order valence-corrected chi connectivity index (χ0v) is 6.85. The number of hydroxylamine groups is 2. The maximum atomic E-state index is 5.32. The van der Waals surface area contributed by atoms with E-state index in [0.29, 0.717) is 6.10 Å². The van der Waals surface area contributed by atoms with Crippen LogP contribution in [0.5, 0.6) is 0 Å². The highest BCUT2D eigenvalue weighted by molar-refractivity contribution is 4.44. The zero-order chi connectivity index (χ0) is 7.28. The van der Waals surface area contributed by atoms with Crippen LogP contribution in [0.3, 0.4) is 0 Å². The predicted octanol–water partition coefficient (Wildman–Crippen LogP) is 1.67. The van der Waals surface area contributed by atoms with Gasteiger partial charge in [-0.1, -0.05) is 13.3 Å². The summed E-state index contributed by atoms with van der Waals surface area (Å²) in [5, 5.41) is 1.75. The maximum absolute atomic E-state index is 5.32. The molecular weight excluding hydrogens is 114 g/mol. The lowest BCUT2D eigenvalue weighted by Gasteiger charge is -2.16. The van der Waals surface area contributed by atoms with Gasteiger partial charge in [-0.05, 0) is 13.3 Å². The molecule has 2 heteroatoms. The summed E-state index contributed by atoms with van der Waals surface area (Å²) in [6, 6.07) is 0. The van der Waals surface area contributed by atoms with Gasteiger partial charge in [-0.3, -0.25) is 4.84 Å². The largest absolute Gasteiger partial charge is 0.297 e. The fourth-order valence-electron chi connectivity index (χ4n) is 0.819. The normalized spacial score (nSPS) is 14.3. The second kappa shape index (κ2) is 4.77. The summed E-state index contributed by atoms with van der Waals surface area (Å²) in [6.07, 6.45) is 2.69. The van der Waals surface area contributed by atoms with Gasteiger partial charge in [0, 0.05) is 14.1 Å². The lowest BCUT2D eigenvalue weighted by atomic mass is 10.2. The molecular formula is C7H17NO. The third-order valence-electron chi connectivity index (χ3n) is 1.09. The molecule has 56 valence electrons. The fourth-order valence-corrected chi connectivity index (χ4v) is 0.819. The van der Waals surface area contributed by atoms with Gasteiger partial charge in [-0.15, -0.1) is 0 Å². The Morgan fingerprint density at radius 3 is 2.33 bits per heavy atom. The van der Waals surface area contributed by atoms with E-state index in [0.717, 1.165) is 6.42 Å². The first-order chi connectivity index (χ1) is 4.16. The molecule has 0 rings (SSSR count). The van der Waals surface area contributed by atoms with Gasteiger partial charge < -0.3 is 0 Å². The van der Waals surface area contributed by atoms with Crippen LogP contribution in [-0.4, -0.2) is 25.3 Å². The molecule has 0 bridgehead atoms. The minimum Gasteiger partial charge on any atom is -0.297 e. The SMILES string of the molecule is CCCC(C)ON(C)C. The standard InChI is InChI=1S/C7H17NO/c1-5-6-7(2)9-8(3)4/h7H,5-6H2,1-4H3. The van der Waals surface area contributed by atoms with E-state index in [1.807, 2.05) is 14.1 Å². The summed E-state index contributed by atoms with van der Waals surface area (Å²) in [4.78, 5) is 5.32. The van der Waals surface area contributed by atoms with Crippen LogP contribution in [0.2, 0.25) is 0 Å². The van der Waals surface area contributed by atoms with Gasteiger partial charge in [0.1, 0.15) is 0 Å². The molecule has 0 aromatic rings. The molecule has 0 fully saturated rings. The molecule has 0 aliphatic heterocycles. The van der Waals surface area contributed by atoms with Crippen LogP contribution in [0.4, 0.5) is 0 Å². The third kappa shape index (κ3) is 5.80. The van der Waals surface area contributed by atoms with Gasteiger partial charge in [-0.2, -0.15) is 5.06 Å². The first kappa shape index (κ1) is 8.92. The number of rotatable bonds is 4. The monoisotopic (exact) mass is 131 g/mol. The van der Waals surface area contributed by atoms with Gasteiger partial charge in [0.25, 0.3) is 0 Å². The minimum atomic E-state index is 0.366. The van der Waals surface area contributed by atoms with E-state index in [1.165, 1.54) is 6.42 Å². The first-order valence-corrected chi connectivity index (χ1v) is 3.51. The summed E-state index contributed by atoms with van der Waals surface area (Å²) in [5.74, 6) is 0. The molecule has 0 aliphatic carbocycles. The Morgan fingerprint density at radius 1 is 1.44 bits per heavy atom. The smallest absolute Gasteiger partial charge is 0.0764 e. The Bertz CT molecular complexity index is 63.9. The molecule has 0 radical (unpaired) electrons. The topological polar surface area (TPSA) is 12.5 Å². The lowest BCUT2D eigenvalue weighted by Crippen LogP contribution is -2.20. The van der Waals surface area contributed by atoms with Crippen molar-refractivity contribution in [1.29, 1.82) is 0 Å². The molecule has 0 aliphatic rings. The van der Waals surface area contributed by atoms with E-state index in [9.17, 15) is 0 Å². The van der Waals surface area contributed by atoms with Gasteiger partial charge in [-0.25, -0.2) is 0 Å². The van der Waals surface area contributed by atoms with Gasteiger partial charge in [0.2, 0.25) is 0 Å². The summed E-state index contributed by atoms with van der Waals surface area (Å²) >= 11 is 0. The number of hydrogen-bond donors (Lipinski definition) is 0. The zero-order valence-electron chi connectivity index (χ0n) is 6.85. The Morgan fingerprint density at radius 2 is 2.00 bits per heavy atom. The van der Waals surface area contributed by atoms with Crippen LogP contribution in [0, 0.1) is 0 Å². The molecule has 0 amide bonds. The summed E-state index contributed by atoms with van der Waals surface area (Å²) in [5.41, 5.74) is 0. The first-order valence-electron chi connectivity index (χ1n) is 3.51. The highest BCUT2D eigenvalue weighted by Gasteiger charge is 2.00. The van der Waals surface area contributed by atoms with E-state index in [1.54, 1.807) is 5.06 Å². The van der Waals surface area contributed by atoms with Crippen LogP contribution in [0.1, 0.15) is 26.7 Å². The lowest BCUT2D eigenvalue weighted by molar-refractivity contribution is -0.159. The van der Waals surface area contributed by atoms with Crippen molar-refractivity contribution in [2.45, 2.75) is 32.8 Å². The number of nitrogens with zero attached hydrogens (tertiary/aromatic N) is 1. The van der Waals surface area contributed by atoms with Crippen molar-refractivity contribution in [1.82, 2.24) is 5.06 Å². The van der Waals surface area contributed by atoms with Crippen LogP contribution < -0.4 is 0 Å². The van der Waals surface area contributed by atoms with E-state index in [4.69, 9.17) is 4.84 Å². The summed E-state index contributed by atoms with van der Waals surface area (Å²) < 4.78 is 0. The molecule has 0 aromatic carbocycles. The Balaban J connectivity index is 3.15. The third-order valence-corrected chi connectivity index (χ3v) is 1.09. The van der Waals surface area contributed by atoms with Crippen LogP contribution in [-0.2, 0) is 4.84 Å². The molecule has 0 heterocycles. The highest BCUT2D eigenvalue weighted by Crippen LogP contribution is 2.00. The average molecular weight is 131 g/mol. The number of hydrogen-bond acceptors (Lipinski definition) is 2. The molecule has 9 heavy (non-hydrogen) atoms. The molecule has 1 atom stereocenters. The van der Waals surface area contributed by atoms with Crippen LogP contribution in [0.25, 0.3) is 0 Å². The summed E-state index contributed by atoms with van der Waals surface area (Å²) in [7, 11) is 3.82. The molecule has 0 saturated heterocycles. The van der Waals surface area contributed by atoms with E-state index in [-0.39, 0.29) is 0 Å². The average Bonchev–Trinajstić information content (AvgIpc) is 1.63. The van der Waals surface area contributed by atoms with Crippen molar-refractivity contribution in [3.8, 4) is 0 Å². The van der Waals surface area contributed by atoms with Crippen molar-refractivity contribution >= 4 is 0 Å². The predicted molar refractivity (Wildman–Crippen MR) is 39.1 cm³/mol. The molecule has 0 aromatic heterocycles. The van der Waals surface area contributed by atoms with E-state index < -0.39 is 0 Å². The highest BCUT2D eigenvalue weighted by atomic mass is 16.7. The van der Waals surface area contributed by atoms with Crippen molar-refractivity contribution in [3.63, 3.8) is 0 Å². The van der Waals surface area contributed by atoms with Crippen molar-refractivity contribution < 1.29 is 4.84 Å². The molecule has 0 saturated carbocycles. The van der Waals surface area contributed by atoms with Crippen molar-refractivity contribution in [2.75, 3.05) is 14.1 Å². The maximum Gasteiger partial charge on any atom is 0.0764 e. The second-order valence-corrected chi connectivity index (χ2v) is 2.52. The van der Waals surface area contributed by atoms with Crippen molar-refractivity contribution in [2.24, 2.45) is 0 Å². The van der Waals surface area contributed by atoms with Crippen LogP contribution in [0.15, 0.2) is 0 Å². The van der Waals surface area contributed by atoms with Crippen LogP contribution >= 0.6 is 0 Å². The van der Waals surface area contributed by atoms with Gasteiger partial charge in [0.15, 0.2) is 0 Å². The van der Waals surface area contributed by atoms with Gasteiger partial charge in [0.05, 0.1) is 6.10 Å². The van der Waals surface area contributed by atoms with Crippen molar-refractivity contribution in [3.05, 3.63) is 0 Å². The van der Waals surface area contributed by atoms with E-state index in [2.05, 4.69) is 13.8 Å². The second-order valence-electron chi connectivity index (χ2n) is 2.52. The minimum absolute atomic E-state index is 0.366. The fraction of sp³-hybridized carbons (Fsp3) is 1.00. The Hall–Kier alpha value is -0.0800. The van der Waals surface area contributed by atoms with E-state index >= 15 is 0 Å². The Kier molecular flexibility index (Phi) is 4.72. The molecule has 0 spiro atoms. The molecule has 2 nitrogen and oxygen atoms in total. The Labute approximate surface area is 57.8 Å². The molecule has 1 unspecified atom stereocenters. The van der Waals surface area contributed by atoms with Gasteiger partial charge >= 0.3 is 0 Å².